The number of H-pyrrole nitrogens is 1. The number of aliphatic hydroxyl groups excluding tert-OH is 1. The number of imidazole rings is 3. The van der Waals surface area contributed by atoms with Gasteiger partial charge in [0.1, 0.15) is 17.5 Å². The van der Waals surface area contributed by atoms with Gasteiger partial charge in [-0.3, -0.25) is 9.59 Å². The monoisotopic (exact) mass is 778 g/mol. The Balaban J connectivity index is -0.000000263. The number of alkyl halides is 1. The van der Waals surface area contributed by atoms with Crippen molar-refractivity contribution >= 4 is 60.4 Å². The molecule has 4 rings (SSSR count). The van der Waals surface area contributed by atoms with Crippen LogP contribution in [0.4, 0.5) is 0 Å². The number of carbonyl (C=O) groups excluding carboxylic acids is 1. The standard InChI is InChI=1S/C11H14N4OS.C6H9ClN2.C6H10N2O.CH2O3.Cl2OS.2K.H/c1-7-4-10(16)14-11(12-7)17-6-9-5-15(3)8(2)13-9;1-5-8-6(3-7)4-9(5)2;1-5-7-6(4-9)3-8(5)2;2-1-4-3;1-4(2)3;;;/h4-5H,6H2,1-3H3,(H,12,14,16);4H,3H2,1-2H3;3,9H,4H2,1-2H3;1,3H;;;;/q;;;;;2*+1;-1/p-1. The number of nitrogens with one attached hydrogen (secondary N) is 1. The van der Waals surface area contributed by atoms with E-state index < -0.39 is 9.23 Å². The van der Waals surface area contributed by atoms with Gasteiger partial charge >= 0.3 is 103 Å². The van der Waals surface area contributed by atoms with E-state index in [-0.39, 0.29) is 123 Å². The van der Waals surface area contributed by atoms with Crippen LogP contribution in [0.25, 0.3) is 0 Å². The van der Waals surface area contributed by atoms with Crippen LogP contribution in [-0.2, 0) is 58.3 Å². The van der Waals surface area contributed by atoms with Crippen LogP contribution in [0.1, 0.15) is 41.7 Å². The van der Waals surface area contributed by atoms with Gasteiger partial charge < -0.3 is 35.4 Å². The van der Waals surface area contributed by atoms with Crippen LogP contribution in [-0.4, -0.2) is 54.4 Å². The van der Waals surface area contributed by atoms with Crippen molar-refractivity contribution in [3.05, 3.63) is 75.3 Å². The van der Waals surface area contributed by atoms with Crippen molar-refractivity contribution in [3.63, 3.8) is 0 Å². The minimum atomic E-state index is -1.67. The van der Waals surface area contributed by atoms with E-state index in [0.717, 1.165) is 40.2 Å². The van der Waals surface area contributed by atoms with Crippen molar-refractivity contribution in [2.75, 3.05) is 0 Å². The van der Waals surface area contributed by atoms with Crippen molar-refractivity contribution in [2.24, 2.45) is 21.1 Å². The molecule has 4 aromatic rings. The summed E-state index contributed by atoms with van der Waals surface area (Å²) in [6.07, 6.45) is 5.73. The fourth-order valence-electron chi connectivity index (χ4n) is 2.87. The maximum atomic E-state index is 11.3. The van der Waals surface area contributed by atoms with E-state index in [2.05, 4.69) is 51.2 Å². The Morgan fingerprint density at radius 1 is 0.956 bits per heavy atom. The third-order valence-corrected chi connectivity index (χ3v) is 6.20. The van der Waals surface area contributed by atoms with E-state index in [1.807, 2.05) is 81.1 Å². The van der Waals surface area contributed by atoms with Gasteiger partial charge in [0.2, 0.25) is 9.23 Å². The van der Waals surface area contributed by atoms with E-state index in [4.69, 9.17) is 31.0 Å². The Labute approximate surface area is 369 Å². The zero-order valence-corrected chi connectivity index (χ0v) is 36.7. The first-order chi connectivity index (χ1) is 20.2. The molecule has 21 heteroatoms. The number of aromatic nitrogens is 8. The van der Waals surface area contributed by atoms with Crippen LogP contribution in [0, 0.1) is 27.7 Å². The third-order valence-electron chi connectivity index (χ3n) is 5.02. The van der Waals surface area contributed by atoms with E-state index in [9.17, 15) is 4.79 Å². The Morgan fingerprint density at radius 3 is 1.62 bits per heavy atom. The molecule has 0 spiro atoms. The van der Waals surface area contributed by atoms with Gasteiger partial charge in [-0.2, -0.15) is 0 Å². The van der Waals surface area contributed by atoms with Gasteiger partial charge in [0, 0.05) is 78.6 Å². The molecule has 0 fully saturated rings. The minimum absolute atomic E-state index is 0. The first-order valence-electron chi connectivity index (χ1n) is 12.0. The van der Waals surface area contributed by atoms with Crippen molar-refractivity contribution < 1.29 is 128 Å². The molecule has 4 heterocycles. The summed E-state index contributed by atoms with van der Waals surface area (Å²) in [7, 11) is 13.2. The Bertz CT molecular complexity index is 1390. The molecule has 45 heavy (non-hydrogen) atoms. The van der Waals surface area contributed by atoms with Crippen LogP contribution in [0.5, 0.6) is 0 Å². The van der Waals surface area contributed by atoms with Crippen LogP contribution in [0.15, 0.2) is 34.6 Å². The number of aliphatic hydroxyl groups is 1. The van der Waals surface area contributed by atoms with Gasteiger partial charge in [-0.05, 0) is 27.7 Å². The molecular formula is C24H35Cl3K2N8O6S2. The average molecular weight is 780 g/mol. The largest absolute Gasteiger partial charge is 1.00 e. The number of nitrogens with zero attached hydrogens (tertiary/aromatic N) is 7. The molecule has 0 unspecified atom stereocenters. The van der Waals surface area contributed by atoms with E-state index >= 15 is 0 Å². The zero-order chi connectivity index (χ0) is 33.1. The number of rotatable bonds is 6. The van der Waals surface area contributed by atoms with E-state index in [1.165, 1.54) is 17.8 Å². The van der Waals surface area contributed by atoms with Crippen LogP contribution in [0.3, 0.4) is 0 Å². The third kappa shape index (κ3) is 23.5. The summed E-state index contributed by atoms with van der Waals surface area (Å²) in [4.78, 5) is 42.0. The van der Waals surface area contributed by atoms with E-state index in [1.54, 1.807) is 0 Å². The maximum absolute atomic E-state index is 11.3. The van der Waals surface area contributed by atoms with Crippen molar-refractivity contribution in [2.45, 2.75) is 51.1 Å². The number of hydrogen-bond donors (Lipinski definition) is 2. The number of aryl methyl sites for hydroxylation is 7. The first-order valence-corrected chi connectivity index (χ1v) is 16.3. The van der Waals surface area contributed by atoms with E-state index in [0.29, 0.717) is 16.8 Å². The Morgan fingerprint density at radius 2 is 1.36 bits per heavy atom. The Hall–Kier alpha value is 0.543. The molecule has 0 atom stereocenters. The summed E-state index contributed by atoms with van der Waals surface area (Å²) in [5.74, 6) is 4.12. The molecule has 242 valence electrons. The summed E-state index contributed by atoms with van der Waals surface area (Å²) in [6.45, 7) is 7.47. The molecule has 0 amide bonds. The molecule has 0 aliphatic rings. The molecule has 0 saturated carbocycles. The minimum Gasteiger partial charge on any atom is -1.00 e. The fraction of sp³-hybridized carbons (Fsp3) is 0.417. The number of carbonyl (C=O) groups is 1. The molecule has 0 aromatic carbocycles. The SMILES string of the molecule is Cc1cc(=O)[nH]c(SCc2cn(C)c(C)n2)n1.Cc1nc(CCl)cn1C.Cc1nc(CO)cn1C.O=CO[O-].O=S(Cl)Cl.[H-].[K+].[K+]. The summed E-state index contributed by atoms with van der Waals surface area (Å²) in [5, 5.41) is 17.7. The summed E-state index contributed by atoms with van der Waals surface area (Å²) >= 11 is 7.02. The number of hydrogen-bond acceptors (Lipinski definition) is 11. The first kappa shape index (κ1) is 49.9. The zero-order valence-electron chi connectivity index (χ0n) is 27.6. The second-order valence-corrected chi connectivity index (χ2v) is 12.1. The molecule has 14 nitrogen and oxygen atoms in total. The summed E-state index contributed by atoms with van der Waals surface area (Å²) < 4.78 is 14.9. The topological polar surface area (TPSA) is 186 Å². The molecule has 4 aromatic heterocycles. The predicted octanol–water partition coefficient (Wildman–Crippen LogP) is -3.30. The molecule has 2 N–H and O–H groups in total. The van der Waals surface area contributed by atoms with Crippen molar-refractivity contribution in [1.82, 2.24) is 38.6 Å². The van der Waals surface area contributed by atoms with Crippen LogP contribution < -0.4 is 114 Å². The van der Waals surface area contributed by atoms with Gasteiger partial charge in [0.05, 0.1) is 29.6 Å². The van der Waals surface area contributed by atoms with Crippen LogP contribution >= 0.6 is 44.7 Å². The average Bonchev–Trinajstić information content (AvgIpc) is 3.57. The second-order valence-electron chi connectivity index (χ2n) is 8.32. The summed E-state index contributed by atoms with van der Waals surface area (Å²) in [6, 6.07) is 1.48. The molecule has 0 bridgehead atoms. The number of thioether (sulfide) groups is 1. The van der Waals surface area contributed by atoms with Crippen molar-refractivity contribution in [1.29, 1.82) is 0 Å². The van der Waals surface area contributed by atoms with Gasteiger partial charge in [-0.1, -0.05) is 11.8 Å². The van der Waals surface area contributed by atoms with Gasteiger partial charge in [0.15, 0.2) is 5.16 Å². The predicted molar refractivity (Wildman–Crippen MR) is 167 cm³/mol. The summed E-state index contributed by atoms with van der Waals surface area (Å²) in [5.41, 5.74) is 3.27. The van der Waals surface area contributed by atoms with Gasteiger partial charge in [-0.25, -0.2) is 24.1 Å². The molecule has 0 aliphatic carbocycles. The molecule has 0 radical (unpaired) electrons. The molecule has 0 saturated heterocycles. The molecule has 0 aliphatic heterocycles. The second kappa shape index (κ2) is 28.4. The number of halogens is 3. The number of aromatic amines is 1. The van der Waals surface area contributed by atoms with Gasteiger partial charge in [-0.15, -0.1) is 11.6 Å². The maximum Gasteiger partial charge on any atom is 1.00 e. The van der Waals surface area contributed by atoms with Gasteiger partial charge in [0.25, 0.3) is 12.0 Å². The van der Waals surface area contributed by atoms with Crippen molar-refractivity contribution in [3.8, 4) is 0 Å². The normalized spacial score (nSPS) is 9.36. The quantitative estimate of drug-likeness (QED) is 0.0292. The Kier molecular flexibility index (Phi) is 31.5. The smallest absolute Gasteiger partial charge is 1.00 e. The fourth-order valence-corrected chi connectivity index (χ4v) is 3.80. The molecular weight excluding hydrogens is 745 g/mol. The van der Waals surface area contributed by atoms with Crippen LogP contribution in [0.2, 0.25) is 0 Å².